The number of methoxy groups -OCH3 is 1. The van der Waals surface area contributed by atoms with E-state index in [2.05, 4.69) is 15.3 Å². The van der Waals surface area contributed by atoms with Gasteiger partial charge in [0.1, 0.15) is 5.54 Å². The van der Waals surface area contributed by atoms with E-state index in [9.17, 15) is 9.70 Å². The lowest BCUT2D eigenvalue weighted by Crippen LogP contribution is -2.51. The first-order valence-electron chi connectivity index (χ1n) is 9.98. The van der Waals surface area contributed by atoms with Crippen LogP contribution in [0.5, 0.6) is 5.88 Å². The van der Waals surface area contributed by atoms with E-state index in [0.717, 1.165) is 17.7 Å². The van der Waals surface area contributed by atoms with Gasteiger partial charge in [-0.05, 0) is 25.0 Å². The number of carbonyl (C=O) groups is 1. The molecule has 2 fully saturated rings. The number of hydrogen-bond acceptors (Lipinski definition) is 9. The Labute approximate surface area is 183 Å². The van der Waals surface area contributed by atoms with E-state index in [1.807, 2.05) is 22.4 Å². The predicted molar refractivity (Wildman–Crippen MR) is 120 cm³/mol. The number of piperidine rings is 1. The van der Waals surface area contributed by atoms with E-state index in [1.165, 1.54) is 30.9 Å². The maximum Gasteiger partial charge on any atom is 0.255 e. The fraction of sp³-hybridized carbons (Fsp3) is 0.381. The van der Waals surface area contributed by atoms with Crippen molar-refractivity contribution in [3.63, 3.8) is 0 Å². The molecule has 2 aliphatic heterocycles. The van der Waals surface area contributed by atoms with Crippen molar-refractivity contribution in [3.8, 4) is 5.88 Å². The highest BCUT2D eigenvalue weighted by Gasteiger charge is 2.53. The number of ether oxygens (including phenoxy) is 1. The van der Waals surface area contributed by atoms with Crippen LogP contribution < -0.4 is 16.3 Å². The van der Waals surface area contributed by atoms with Gasteiger partial charge in [-0.3, -0.25) is 4.79 Å². The van der Waals surface area contributed by atoms with Crippen LogP contribution in [0, 0.1) is 4.91 Å². The fourth-order valence-electron chi connectivity index (χ4n) is 4.69. The molecule has 2 atom stereocenters. The number of nitroso groups, excluding NO2 is 1. The normalized spacial score (nSPS) is 25.7. The summed E-state index contributed by atoms with van der Waals surface area (Å²) >= 11 is 1.41. The lowest BCUT2D eigenvalue weighted by atomic mass is 9.80. The summed E-state index contributed by atoms with van der Waals surface area (Å²) in [6.45, 7) is 0. The zero-order valence-electron chi connectivity index (χ0n) is 17.1. The van der Waals surface area contributed by atoms with Crippen LogP contribution in [0.2, 0.25) is 0 Å². The van der Waals surface area contributed by atoms with Crippen LogP contribution >= 0.6 is 11.3 Å². The van der Waals surface area contributed by atoms with Crippen LogP contribution in [-0.2, 0) is 5.54 Å². The van der Waals surface area contributed by atoms with Crippen LogP contribution in [0.1, 0.15) is 46.6 Å². The Morgan fingerprint density at radius 3 is 2.71 bits per heavy atom. The number of hydrogen-bond donors (Lipinski definition) is 2. The topological polar surface area (TPSA) is 136 Å². The van der Waals surface area contributed by atoms with E-state index in [-0.39, 0.29) is 18.0 Å². The van der Waals surface area contributed by atoms with Gasteiger partial charge in [-0.25, -0.2) is 4.98 Å². The van der Waals surface area contributed by atoms with Crippen molar-refractivity contribution in [2.75, 3.05) is 7.11 Å². The van der Waals surface area contributed by atoms with E-state index in [1.54, 1.807) is 12.1 Å². The minimum absolute atomic E-state index is 0.0471. The van der Waals surface area contributed by atoms with Gasteiger partial charge in [-0.15, -0.1) is 16.2 Å². The first-order valence-corrected chi connectivity index (χ1v) is 10.9. The number of allylic oxidation sites excluding steroid dienone is 1. The first-order chi connectivity index (χ1) is 15.0. The van der Waals surface area contributed by atoms with Crippen molar-refractivity contribution in [3.05, 3.63) is 56.9 Å². The van der Waals surface area contributed by atoms with E-state index in [0.29, 0.717) is 35.6 Å². The second kappa shape index (κ2) is 8.46. The molecular weight excluding hydrogens is 416 g/mol. The van der Waals surface area contributed by atoms with Crippen molar-refractivity contribution in [1.82, 2.24) is 9.88 Å². The van der Waals surface area contributed by atoms with Gasteiger partial charge in [0.05, 0.1) is 24.6 Å². The molecule has 31 heavy (non-hydrogen) atoms. The Kier molecular flexibility index (Phi) is 5.73. The lowest BCUT2D eigenvalue weighted by Gasteiger charge is -2.42. The molecule has 0 radical (unpaired) electrons. The monoisotopic (exact) mass is 440 g/mol. The number of pyridine rings is 1. The number of fused-ring (bicyclic) bond motifs is 2. The number of nitrogens with zero attached hydrogens (tertiary/aromatic N) is 4. The van der Waals surface area contributed by atoms with Crippen molar-refractivity contribution >= 4 is 29.0 Å². The predicted octanol–water partition coefficient (Wildman–Crippen LogP) is 2.82. The molecule has 9 nitrogen and oxygen atoms in total. The number of amides is 1. The van der Waals surface area contributed by atoms with Gasteiger partial charge in [0, 0.05) is 53.0 Å². The third kappa shape index (κ3) is 3.67. The second-order valence-corrected chi connectivity index (χ2v) is 8.70. The van der Waals surface area contributed by atoms with Crippen LogP contribution in [0.25, 0.3) is 5.57 Å². The zero-order valence-corrected chi connectivity index (χ0v) is 17.9. The van der Waals surface area contributed by atoms with Crippen LogP contribution in [0.15, 0.2) is 46.1 Å². The van der Waals surface area contributed by atoms with Crippen LogP contribution in [-0.4, -0.2) is 41.2 Å². The lowest BCUT2D eigenvalue weighted by molar-refractivity contribution is 0.0475. The number of nitrogens with two attached hydrogens (primary N) is 2. The molecule has 0 spiro atoms. The first kappa shape index (κ1) is 21.0. The minimum Gasteiger partial charge on any atom is -0.481 e. The maximum absolute atomic E-state index is 13.4. The molecule has 1 amide bonds. The Bertz CT molecular complexity index is 1040. The van der Waals surface area contributed by atoms with Gasteiger partial charge in [0.2, 0.25) is 5.88 Å². The van der Waals surface area contributed by atoms with E-state index >= 15 is 0 Å². The van der Waals surface area contributed by atoms with E-state index in [4.69, 9.17) is 16.3 Å². The standard InChI is InChI=1S/C21H24N6O3S/c1-30-19-4-2-3-18(25-19)21(26-29)8-15-5-6-16(9-21)27(15)20(28)13-7-17(31-12-13)14(10-22)11-24-23/h2-4,7,10-12,15-16H,5-6,8-9,22-23H2,1H3. The summed E-state index contributed by atoms with van der Waals surface area (Å²) in [5, 5.41) is 8.86. The Morgan fingerprint density at radius 1 is 1.35 bits per heavy atom. The number of thiophene rings is 1. The maximum atomic E-state index is 13.4. The number of rotatable bonds is 6. The molecule has 2 aromatic rings. The largest absolute Gasteiger partial charge is 0.481 e. The average molecular weight is 441 g/mol. The average Bonchev–Trinajstić information content (AvgIpc) is 3.40. The summed E-state index contributed by atoms with van der Waals surface area (Å²) < 4.78 is 5.22. The van der Waals surface area contributed by atoms with Gasteiger partial charge >= 0.3 is 0 Å². The fourth-order valence-corrected chi connectivity index (χ4v) is 5.57. The summed E-state index contributed by atoms with van der Waals surface area (Å²) in [5.41, 5.74) is 6.53. The van der Waals surface area contributed by atoms with Gasteiger partial charge in [-0.2, -0.15) is 5.10 Å². The smallest absolute Gasteiger partial charge is 0.255 e. The Morgan fingerprint density at radius 2 is 2.10 bits per heavy atom. The molecule has 2 aromatic heterocycles. The van der Waals surface area contributed by atoms with E-state index < -0.39 is 5.54 Å². The molecule has 2 saturated heterocycles. The molecule has 2 aliphatic rings. The van der Waals surface area contributed by atoms with Gasteiger partial charge < -0.3 is 21.2 Å². The van der Waals surface area contributed by atoms with Crippen LogP contribution in [0.3, 0.4) is 0 Å². The Hall–Kier alpha value is -3.27. The molecule has 2 bridgehead atoms. The highest BCUT2D eigenvalue weighted by molar-refractivity contribution is 7.11. The second-order valence-electron chi connectivity index (χ2n) is 7.79. The van der Waals surface area contributed by atoms with Gasteiger partial charge in [-0.1, -0.05) is 11.2 Å². The summed E-state index contributed by atoms with van der Waals surface area (Å²) in [5.74, 6) is 5.63. The van der Waals surface area contributed by atoms with Crippen molar-refractivity contribution in [2.45, 2.75) is 43.3 Å². The van der Waals surface area contributed by atoms with Crippen LogP contribution in [0.4, 0.5) is 0 Å². The highest BCUT2D eigenvalue weighted by Crippen LogP contribution is 2.48. The molecule has 4 rings (SSSR count). The number of hydrazone groups is 1. The molecule has 0 aromatic carbocycles. The zero-order chi connectivity index (χ0) is 22.0. The summed E-state index contributed by atoms with van der Waals surface area (Å²) in [4.78, 5) is 32.6. The highest BCUT2D eigenvalue weighted by atomic mass is 32.1. The summed E-state index contributed by atoms with van der Waals surface area (Å²) in [6, 6.07) is 7.02. The van der Waals surface area contributed by atoms with Gasteiger partial charge in [0.25, 0.3) is 5.91 Å². The molecular formula is C21H24N6O3S. The third-order valence-electron chi connectivity index (χ3n) is 6.11. The number of carbonyl (C=O) groups excluding carboxylic acids is 1. The third-order valence-corrected chi connectivity index (χ3v) is 7.09. The number of aromatic nitrogens is 1. The van der Waals surface area contributed by atoms with Crippen molar-refractivity contribution < 1.29 is 9.53 Å². The molecule has 0 saturated carbocycles. The molecule has 2 unspecified atom stereocenters. The minimum atomic E-state index is -0.954. The Balaban J connectivity index is 1.59. The quantitative estimate of drug-likeness (QED) is 0.307. The van der Waals surface area contributed by atoms with Crippen molar-refractivity contribution in [2.24, 2.45) is 21.9 Å². The molecule has 0 aliphatic carbocycles. The van der Waals surface area contributed by atoms with Gasteiger partial charge in [0.15, 0.2) is 0 Å². The SMILES string of the molecule is COc1cccc(C2(N=O)CC3CCC(C2)N3C(=O)c2csc(C(C=NN)=CN)c2)n1. The van der Waals surface area contributed by atoms with Crippen molar-refractivity contribution in [1.29, 1.82) is 0 Å². The molecule has 4 heterocycles. The summed E-state index contributed by atoms with van der Waals surface area (Å²) in [7, 11) is 1.54. The molecule has 4 N–H and O–H groups in total. The summed E-state index contributed by atoms with van der Waals surface area (Å²) in [6.07, 6.45) is 5.43. The molecule has 162 valence electrons. The molecule has 10 heteroatoms.